The van der Waals surface area contributed by atoms with Crippen LogP contribution in [0.25, 0.3) is 11.3 Å². The Morgan fingerprint density at radius 2 is 1.74 bits per heavy atom. The Kier molecular flexibility index (Phi) is 17.9. The maximum Gasteiger partial charge on any atom is 0.410 e. The Hall–Kier alpha value is -5.07. The minimum Gasteiger partial charge on any atom is -0.461 e. The molecular formula is C52H74N6O11. The van der Waals surface area contributed by atoms with Gasteiger partial charge in [-0.3, -0.25) is 29.3 Å². The van der Waals surface area contributed by atoms with Crippen LogP contribution in [0.5, 0.6) is 0 Å². The molecule has 1 amide bonds. The number of aryl methyl sites for hydroxylation is 1. The van der Waals surface area contributed by atoms with Crippen LogP contribution in [0.3, 0.4) is 0 Å². The van der Waals surface area contributed by atoms with Crippen molar-refractivity contribution in [2.75, 3.05) is 27.2 Å². The zero-order chi connectivity index (χ0) is 50.2. The van der Waals surface area contributed by atoms with Crippen LogP contribution in [0.1, 0.15) is 93.1 Å². The summed E-state index contributed by atoms with van der Waals surface area (Å²) in [6.45, 7) is 19.7. The lowest BCUT2D eigenvalue weighted by Gasteiger charge is -2.48. The predicted octanol–water partition coefficient (Wildman–Crippen LogP) is 6.47. The summed E-state index contributed by atoms with van der Waals surface area (Å²) >= 11 is 0. The Morgan fingerprint density at radius 3 is 2.39 bits per heavy atom. The van der Waals surface area contributed by atoms with Crippen LogP contribution in [0.2, 0.25) is 0 Å². The van der Waals surface area contributed by atoms with Crippen molar-refractivity contribution in [1.82, 2.24) is 29.3 Å². The van der Waals surface area contributed by atoms with Crippen molar-refractivity contribution in [2.24, 2.45) is 23.7 Å². The number of aromatic nitrogens is 4. The van der Waals surface area contributed by atoms with E-state index in [0.717, 1.165) is 11.3 Å². The highest BCUT2D eigenvalue weighted by molar-refractivity contribution is 5.85. The molecule has 1 N–H and O–H groups in total. The largest absolute Gasteiger partial charge is 0.461 e. The lowest BCUT2D eigenvalue weighted by Crippen LogP contribution is -2.61. The number of cyclic esters (lactones) is 1. The number of pyridine rings is 2. The zero-order valence-electron chi connectivity index (χ0n) is 42.1. The van der Waals surface area contributed by atoms with Gasteiger partial charge in [-0.05, 0) is 90.6 Å². The third-order valence-corrected chi connectivity index (χ3v) is 14.7. The van der Waals surface area contributed by atoms with Crippen molar-refractivity contribution >= 4 is 23.8 Å². The number of unbranched alkanes of at least 4 members (excludes halogenated alkanes) is 1. The molecule has 3 fully saturated rings. The van der Waals surface area contributed by atoms with Crippen molar-refractivity contribution in [3.8, 4) is 11.3 Å². The number of fused-ring (bicyclic) bond motifs is 1. The number of nitrogens with zero attached hydrogens (tertiary/aromatic N) is 6. The third-order valence-electron chi connectivity index (χ3n) is 14.7. The molecule has 0 aromatic carbocycles. The van der Waals surface area contributed by atoms with E-state index in [9.17, 15) is 19.5 Å². The topological polar surface area (TPSA) is 194 Å². The first-order valence-electron chi connectivity index (χ1n) is 24.4. The first-order valence-corrected chi connectivity index (χ1v) is 24.4. The Bertz CT molecular complexity index is 2200. The van der Waals surface area contributed by atoms with E-state index in [2.05, 4.69) is 21.5 Å². The molecule has 3 aliphatic rings. The number of esters is 2. The van der Waals surface area contributed by atoms with Gasteiger partial charge in [-0.25, -0.2) is 9.78 Å². The number of carbonyl (C=O) groups is 4. The molecule has 3 saturated heterocycles. The van der Waals surface area contributed by atoms with Crippen LogP contribution < -0.4 is 0 Å². The number of hydrogen-bond acceptors (Lipinski definition) is 15. The van der Waals surface area contributed by atoms with E-state index in [1.54, 1.807) is 81.9 Å². The molecule has 3 aliphatic heterocycles. The first kappa shape index (κ1) is 53.3. The minimum atomic E-state index is -1.45. The second kappa shape index (κ2) is 23.2. The molecule has 3 aromatic heterocycles. The summed E-state index contributed by atoms with van der Waals surface area (Å²) in [6, 6.07) is 6.10. The molecule has 17 heteroatoms. The highest BCUT2D eigenvalue weighted by Crippen LogP contribution is 2.44. The third kappa shape index (κ3) is 12.1. The number of carbonyl (C=O) groups excluding carboxylic acids is 4. The van der Waals surface area contributed by atoms with E-state index >= 15 is 4.79 Å². The summed E-state index contributed by atoms with van der Waals surface area (Å²) < 4.78 is 40.7. The molecule has 0 bridgehead atoms. The highest BCUT2D eigenvalue weighted by Gasteiger charge is 2.60. The molecule has 69 heavy (non-hydrogen) atoms. The maximum absolute atomic E-state index is 15.1. The molecule has 378 valence electrons. The molecular weight excluding hydrogens is 885 g/mol. The average Bonchev–Trinajstić information content (AvgIpc) is 3.91. The second-order valence-corrected chi connectivity index (χ2v) is 19.8. The molecule has 0 unspecified atom stereocenters. The zero-order valence-corrected chi connectivity index (χ0v) is 42.1. The smallest absolute Gasteiger partial charge is 0.410 e. The lowest BCUT2D eigenvalue weighted by atomic mass is 9.73. The Morgan fingerprint density at radius 1 is 1.03 bits per heavy atom. The molecule has 17 nitrogen and oxygen atoms in total. The maximum atomic E-state index is 15.1. The summed E-state index contributed by atoms with van der Waals surface area (Å²) in [4.78, 5) is 74.4. The molecule has 0 radical (unpaired) electrons. The number of hydrogen-bond donors (Lipinski definition) is 1. The predicted molar refractivity (Wildman–Crippen MR) is 256 cm³/mol. The molecule has 0 spiro atoms. The van der Waals surface area contributed by atoms with Gasteiger partial charge in [-0.15, -0.1) is 6.58 Å². The minimum absolute atomic E-state index is 0.108. The van der Waals surface area contributed by atoms with Crippen molar-refractivity contribution in [3.05, 3.63) is 79.8 Å². The normalized spacial score (nSPS) is 33.6. The molecule has 3 aromatic rings. The van der Waals surface area contributed by atoms with Crippen LogP contribution in [0, 0.1) is 23.7 Å². The van der Waals surface area contributed by atoms with Crippen molar-refractivity contribution in [2.45, 2.75) is 161 Å². The van der Waals surface area contributed by atoms with E-state index in [-0.39, 0.29) is 43.7 Å². The molecule has 6 heterocycles. The summed E-state index contributed by atoms with van der Waals surface area (Å²) in [7, 11) is 3.42. The van der Waals surface area contributed by atoms with Crippen LogP contribution in [-0.4, -0.2) is 146 Å². The quantitative estimate of drug-likeness (QED) is 0.0711. The monoisotopic (exact) mass is 959 g/mol. The number of aliphatic hydroxyl groups excluding tert-OH is 1. The number of ether oxygens (including phenoxy) is 6. The lowest BCUT2D eigenvalue weighted by molar-refractivity contribution is -0.302. The Balaban J connectivity index is 1.35. The van der Waals surface area contributed by atoms with E-state index in [1.165, 1.54) is 7.11 Å². The number of amides is 1. The van der Waals surface area contributed by atoms with Crippen LogP contribution in [0.4, 0.5) is 4.79 Å². The van der Waals surface area contributed by atoms with E-state index < -0.39 is 89.7 Å². The standard InChI is InChI=1S/C52H74N6O11/c1-12-22-56(10)40-25-33(4)65-49(44(40)61)68-47-35(6)45(67-42(59)26-37-18-16-20-53-28-37)36(7)48(62)66-41(13-2)52(9)46(34(5)43(60)32(3)27-51(47,8)64-11)58(50(63)69-52)24-15-14-23-57-30-39(55-31-57)38-19-17-21-54-29-38/h12,16-21,28-36,40-41,44-47,49,61H,1,13-15,22-27H2,2-11H3/t32-,33-,34+,35+,36-,40+,41-,44-,45+,46-,47-,49+,51-,52-/m1/s1. The van der Waals surface area contributed by atoms with Gasteiger partial charge in [0, 0.05) is 87.1 Å². The number of methoxy groups -OCH3 is 1. The summed E-state index contributed by atoms with van der Waals surface area (Å²) in [5.41, 5.74) is -0.439. The van der Waals surface area contributed by atoms with Gasteiger partial charge in [0.1, 0.15) is 24.1 Å². The number of likely N-dealkylation sites (N-methyl/N-ethyl adjacent to an activating group) is 1. The highest BCUT2D eigenvalue weighted by atomic mass is 16.7. The summed E-state index contributed by atoms with van der Waals surface area (Å²) in [5, 5.41) is 11.9. The number of ketones is 1. The summed E-state index contributed by atoms with van der Waals surface area (Å²) in [5.74, 6) is -4.89. The van der Waals surface area contributed by atoms with E-state index in [0.29, 0.717) is 37.9 Å². The van der Waals surface area contributed by atoms with Gasteiger partial charge in [0.15, 0.2) is 11.9 Å². The van der Waals surface area contributed by atoms with Crippen molar-refractivity contribution in [1.29, 1.82) is 0 Å². The van der Waals surface area contributed by atoms with Gasteiger partial charge < -0.3 is 43.0 Å². The number of Topliss-reactive ketones (excluding diaryl/α,β-unsaturated/α-hetero) is 1. The number of aliphatic hydroxyl groups is 1. The number of rotatable bonds is 16. The van der Waals surface area contributed by atoms with Crippen LogP contribution >= 0.6 is 0 Å². The van der Waals surface area contributed by atoms with Gasteiger partial charge in [0.2, 0.25) is 0 Å². The van der Waals surface area contributed by atoms with Gasteiger partial charge in [0.05, 0.1) is 48.2 Å². The van der Waals surface area contributed by atoms with Gasteiger partial charge in [-0.1, -0.05) is 39.8 Å². The second-order valence-electron chi connectivity index (χ2n) is 19.8. The van der Waals surface area contributed by atoms with E-state index in [4.69, 9.17) is 28.4 Å². The van der Waals surface area contributed by atoms with Crippen molar-refractivity contribution < 1.29 is 52.7 Å². The average molecular weight is 959 g/mol. The number of imidazole rings is 1. The van der Waals surface area contributed by atoms with Gasteiger partial charge in [0.25, 0.3) is 0 Å². The van der Waals surface area contributed by atoms with Gasteiger partial charge in [-0.2, -0.15) is 0 Å². The Labute approximate surface area is 407 Å². The molecule has 0 saturated carbocycles. The van der Waals surface area contributed by atoms with Gasteiger partial charge >= 0.3 is 18.0 Å². The van der Waals surface area contributed by atoms with E-state index in [1.807, 2.05) is 62.5 Å². The fraction of sp³-hybridized carbons (Fsp3) is 0.635. The SMILES string of the molecule is C=CCN(C)[C@H]1C[C@@H](C)O[C@@H](O[C@@H]2[C@@H](C)[C@H](OC(=O)Cc3cccnc3)[C@@H](C)C(=O)O[C@H](CC)[C@@]3(C)OC(=O)N(CCCCn4cnc(-c5cccnc5)c4)[C@@H]3[C@@H](C)C(=O)[C@H](C)C[C@@]2(C)OC)[C@@H]1O. The van der Waals surface area contributed by atoms with Crippen LogP contribution in [-0.2, 0) is 55.8 Å². The fourth-order valence-electron chi connectivity index (χ4n) is 10.9. The molecule has 14 atom stereocenters. The molecule has 6 rings (SSSR count). The molecule has 0 aliphatic carbocycles. The van der Waals surface area contributed by atoms with Crippen molar-refractivity contribution in [3.63, 3.8) is 0 Å². The fourth-order valence-corrected chi connectivity index (χ4v) is 10.9. The van der Waals surface area contributed by atoms with Crippen LogP contribution in [0.15, 0.2) is 74.2 Å². The summed E-state index contributed by atoms with van der Waals surface area (Å²) in [6.07, 6.45) is 7.69. The first-order chi connectivity index (χ1) is 32.8.